The van der Waals surface area contributed by atoms with Crippen LogP contribution < -0.4 is 16.0 Å². The van der Waals surface area contributed by atoms with E-state index in [0.29, 0.717) is 30.4 Å². The molecule has 4 heterocycles. The molecule has 1 fully saturated rings. The van der Waals surface area contributed by atoms with Crippen LogP contribution in [0.4, 0.5) is 20.3 Å². The van der Waals surface area contributed by atoms with Crippen molar-refractivity contribution in [2.75, 3.05) is 36.9 Å². The first-order chi connectivity index (χ1) is 19.7. The fraction of sp³-hybridized carbons (Fsp3) is 0.321. The van der Waals surface area contributed by atoms with Crippen LogP contribution >= 0.6 is 0 Å². The topological polar surface area (TPSA) is 157 Å². The third-order valence-electron chi connectivity index (χ3n) is 8.10. The van der Waals surface area contributed by atoms with Crippen molar-refractivity contribution in [2.24, 2.45) is 0 Å². The Hall–Kier alpha value is -4.33. The zero-order valence-corrected chi connectivity index (χ0v) is 21.7. The third kappa shape index (κ3) is 4.42. The number of pyridine rings is 2. The maximum absolute atomic E-state index is 14.0. The number of hydrogen-bond donors (Lipinski definition) is 5. The Kier molecular flexibility index (Phi) is 6.52. The zero-order chi connectivity index (χ0) is 28.9. The smallest absolute Gasteiger partial charge is 0.248 e. The quantitative estimate of drug-likeness (QED) is 0.291. The first-order valence-corrected chi connectivity index (χ1v) is 13.0. The van der Waals surface area contributed by atoms with Crippen molar-refractivity contribution in [2.45, 2.75) is 29.8 Å². The van der Waals surface area contributed by atoms with E-state index in [2.05, 4.69) is 25.9 Å². The second kappa shape index (κ2) is 9.94. The van der Waals surface area contributed by atoms with Crippen molar-refractivity contribution in [1.29, 1.82) is 0 Å². The summed E-state index contributed by atoms with van der Waals surface area (Å²) in [7, 11) is 0. The van der Waals surface area contributed by atoms with Crippen LogP contribution in [-0.4, -0.2) is 74.6 Å². The zero-order valence-electron chi connectivity index (χ0n) is 21.7. The molecular weight excluding hydrogens is 538 g/mol. The maximum Gasteiger partial charge on any atom is 0.248 e. The van der Waals surface area contributed by atoms with Gasteiger partial charge in [0, 0.05) is 36.5 Å². The molecule has 212 valence electrons. The molecule has 11 nitrogen and oxygen atoms in total. The number of benzene rings is 1. The number of nitrogens with one attached hydrogen (secondary N) is 3. The van der Waals surface area contributed by atoms with Gasteiger partial charge in [-0.15, -0.1) is 0 Å². The summed E-state index contributed by atoms with van der Waals surface area (Å²) < 4.78 is 28.0. The highest BCUT2D eigenvalue weighted by molar-refractivity contribution is 6.06. The second-order valence-electron chi connectivity index (χ2n) is 10.6. The van der Waals surface area contributed by atoms with Crippen LogP contribution in [0.3, 0.4) is 0 Å². The van der Waals surface area contributed by atoms with Gasteiger partial charge in [0.15, 0.2) is 0 Å². The van der Waals surface area contributed by atoms with Crippen LogP contribution in [0.5, 0.6) is 0 Å². The molecule has 1 aromatic carbocycles. The van der Waals surface area contributed by atoms with Gasteiger partial charge in [-0.05, 0) is 41.8 Å². The minimum absolute atomic E-state index is 0.0795. The monoisotopic (exact) mass is 564 g/mol. The van der Waals surface area contributed by atoms with E-state index in [1.54, 1.807) is 18.3 Å². The van der Waals surface area contributed by atoms with Crippen LogP contribution in [0.1, 0.15) is 28.4 Å². The summed E-state index contributed by atoms with van der Waals surface area (Å²) in [6.45, 7) is -2.13. The molecule has 1 unspecified atom stereocenters. The molecule has 1 saturated heterocycles. The summed E-state index contributed by atoms with van der Waals surface area (Å²) in [6, 6.07) is 7.21. The molecule has 3 aromatic rings. The predicted octanol–water partition coefficient (Wildman–Crippen LogP) is 0.578. The number of carbonyl (C=O) groups is 3. The highest BCUT2D eigenvalue weighted by Gasteiger charge is 2.52. The standard InChI is InChI=1S/C28H26F2N6O5/c29-17-4-15(5-18(30)7-17)22-11-33-28(13-37,14-38)26(41)36(22)12-23(39)34-19-6-16-8-27(9-21(16)32-10-19)20-2-1-3-31-24(20)35-25(27)40/h1-7,10,22,33,37-38H,8-9,11-14H2,(H,34,39)(H,31,35,40)/t22-,27?/m0/s1. The molecule has 0 bridgehead atoms. The van der Waals surface area contributed by atoms with Crippen LogP contribution in [0, 0.1) is 11.6 Å². The van der Waals surface area contributed by atoms with Crippen LogP contribution in [0.15, 0.2) is 48.8 Å². The highest BCUT2D eigenvalue weighted by atomic mass is 19.1. The number of aromatic nitrogens is 2. The Morgan fingerprint density at radius 2 is 1.85 bits per heavy atom. The average molecular weight is 565 g/mol. The SMILES string of the molecule is O=C(CN1C(=O)C(CO)(CO)NC[C@H]1c1cc(F)cc(F)c1)Nc1cnc2c(c1)CC1(C2)C(=O)Nc2ncccc21. The number of fused-ring (bicyclic) bond motifs is 3. The first kappa shape index (κ1) is 26.9. The van der Waals surface area contributed by atoms with Crippen molar-refractivity contribution in [3.63, 3.8) is 0 Å². The Balaban J connectivity index is 1.23. The maximum atomic E-state index is 14.0. The van der Waals surface area contributed by atoms with Crippen molar-refractivity contribution < 1.29 is 33.4 Å². The molecule has 0 radical (unpaired) electrons. The minimum atomic E-state index is -1.76. The Morgan fingerprint density at radius 1 is 1.10 bits per heavy atom. The summed E-state index contributed by atoms with van der Waals surface area (Å²) in [5.74, 6) is -2.78. The van der Waals surface area contributed by atoms with Crippen LogP contribution in [-0.2, 0) is 32.6 Å². The summed E-state index contributed by atoms with van der Waals surface area (Å²) >= 11 is 0. The molecule has 6 rings (SSSR count). The van der Waals surface area contributed by atoms with E-state index in [4.69, 9.17) is 0 Å². The predicted molar refractivity (Wildman–Crippen MR) is 141 cm³/mol. The van der Waals surface area contributed by atoms with Gasteiger partial charge >= 0.3 is 0 Å². The lowest BCUT2D eigenvalue weighted by atomic mass is 9.80. The van der Waals surface area contributed by atoms with Gasteiger partial charge in [-0.1, -0.05) is 6.07 Å². The van der Waals surface area contributed by atoms with E-state index in [-0.39, 0.29) is 18.0 Å². The van der Waals surface area contributed by atoms with Gasteiger partial charge in [-0.2, -0.15) is 0 Å². The van der Waals surface area contributed by atoms with E-state index < -0.39 is 60.2 Å². The molecule has 5 N–H and O–H groups in total. The van der Waals surface area contributed by atoms with E-state index in [1.165, 1.54) is 6.20 Å². The number of hydrogen-bond acceptors (Lipinski definition) is 8. The van der Waals surface area contributed by atoms with Gasteiger partial charge in [0.2, 0.25) is 17.7 Å². The van der Waals surface area contributed by atoms with Crippen molar-refractivity contribution >= 4 is 29.2 Å². The molecule has 2 aliphatic heterocycles. The van der Waals surface area contributed by atoms with E-state index in [9.17, 15) is 33.4 Å². The average Bonchev–Trinajstić information content (AvgIpc) is 3.46. The Labute approximate surface area is 232 Å². The molecule has 3 aliphatic rings. The molecule has 2 aromatic heterocycles. The number of aliphatic hydroxyl groups is 2. The van der Waals surface area contributed by atoms with E-state index >= 15 is 0 Å². The lowest BCUT2D eigenvalue weighted by Gasteiger charge is -2.45. The van der Waals surface area contributed by atoms with Gasteiger partial charge in [0.05, 0.1) is 36.6 Å². The summed E-state index contributed by atoms with van der Waals surface area (Å²) in [6.07, 6.45) is 3.81. The van der Waals surface area contributed by atoms with Crippen molar-refractivity contribution in [3.8, 4) is 0 Å². The Morgan fingerprint density at radius 3 is 2.59 bits per heavy atom. The van der Waals surface area contributed by atoms with Gasteiger partial charge in [0.25, 0.3) is 0 Å². The van der Waals surface area contributed by atoms with Crippen molar-refractivity contribution in [1.82, 2.24) is 20.2 Å². The van der Waals surface area contributed by atoms with E-state index in [0.717, 1.165) is 33.9 Å². The first-order valence-electron chi connectivity index (χ1n) is 13.0. The van der Waals surface area contributed by atoms with Gasteiger partial charge in [0.1, 0.15) is 29.5 Å². The number of carbonyl (C=O) groups excluding carboxylic acids is 3. The number of rotatable bonds is 6. The second-order valence-corrected chi connectivity index (χ2v) is 10.6. The number of anilines is 2. The molecule has 2 atom stereocenters. The van der Waals surface area contributed by atoms with Gasteiger partial charge < -0.3 is 25.7 Å². The van der Waals surface area contributed by atoms with E-state index in [1.807, 2.05) is 6.07 Å². The lowest BCUT2D eigenvalue weighted by Crippen LogP contribution is -2.69. The molecular formula is C28H26F2N6O5. The highest BCUT2D eigenvalue weighted by Crippen LogP contribution is 2.46. The van der Waals surface area contributed by atoms with Gasteiger partial charge in [-0.25, -0.2) is 13.8 Å². The number of aliphatic hydroxyl groups excluding tert-OH is 2. The fourth-order valence-corrected chi connectivity index (χ4v) is 5.98. The number of piperazine rings is 1. The summed E-state index contributed by atoms with van der Waals surface area (Å²) in [4.78, 5) is 49.4. The van der Waals surface area contributed by atoms with Crippen LogP contribution in [0.25, 0.3) is 0 Å². The molecule has 13 heteroatoms. The third-order valence-corrected chi connectivity index (χ3v) is 8.10. The fourth-order valence-electron chi connectivity index (χ4n) is 5.98. The summed E-state index contributed by atoms with van der Waals surface area (Å²) in [5, 5.41) is 28.0. The number of nitrogens with zero attached hydrogens (tertiary/aromatic N) is 3. The van der Waals surface area contributed by atoms with Crippen molar-refractivity contribution in [3.05, 3.63) is 82.8 Å². The normalized spacial score (nSPS) is 22.4. The molecule has 0 saturated carbocycles. The number of halogens is 2. The number of amides is 3. The molecule has 1 spiro atoms. The van der Waals surface area contributed by atoms with Crippen LogP contribution in [0.2, 0.25) is 0 Å². The molecule has 41 heavy (non-hydrogen) atoms. The minimum Gasteiger partial charge on any atom is -0.394 e. The molecule has 1 aliphatic carbocycles. The lowest BCUT2D eigenvalue weighted by molar-refractivity contribution is -0.151. The largest absolute Gasteiger partial charge is 0.394 e. The summed E-state index contributed by atoms with van der Waals surface area (Å²) in [5.41, 5.74) is 0.134. The van der Waals surface area contributed by atoms with Gasteiger partial charge in [-0.3, -0.25) is 24.7 Å². The Bertz CT molecular complexity index is 1560. The molecule has 3 amide bonds.